The van der Waals surface area contributed by atoms with Crippen molar-refractivity contribution in [3.05, 3.63) is 0 Å². The number of amides is 1. The predicted molar refractivity (Wildman–Crippen MR) is 73.5 cm³/mol. The van der Waals surface area contributed by atoms with E-state index in [0.29, 0.717) is 12.0 Å². The number of hydrogen-bond acceptors (Lipinski definition) is 3. The number of rotatable bonds is 3. The van der Waals surface area contributed by atoms with Gasteiger partial charge in [-0.25, -0.2) is 0 Å². The summed E-state index contributed by atoms with van der Waals surface area (Å²) in [5, 5.41) is 3.38. The molecular weight excluding hydrogens is 226 g/mol. The first-order chi connectivity index (χ1) is 8.59. The first-order valence-corrected chi connectivity index (χ1v) is 7.28. The van der Waals surface area contributed by atoms with Crippen LogP contribution in [0.2, 0.25) is 0 Å². The highest BCUT2D eigenvalue weighted by molar-refractivity contribution is 5.82. The number of nitrogens with zero attached hydrogens (tertiary/aromatic N) is 2. The summed E-state index contributed by atoms with van der Waals surface area (Å²) in [6.45, 7) is 5.22. The fourth-order valence-electron chi connectivity index (χ4n) is 3.23. The van der Waals surface area contributed by atoms with Crippen molar-refractivity contribution in [2.75, 3.05) is 33.7 Å². The molecule has 2 aliphatic heterocycles. The molecule has 0 aromatic heterocycles. The van der Waals surface area contributed by atoms with Gasteiger partial charge in [0.05, 0.1) is 6.04 Å². The summed E-state index contributed by atoms with van der Waals surface area (Å²) < 4.78 is 0. The van der Waals surface area contributed by atoms with Gasteiger partial charge in [0.1, 0.15) is 0 Å². The Morgan fingerprint density at radius 1 is 1.39 bits per heavy atom. The van der Waals surface area contributed by atoms with E-state index in [-0.39, 0.29) is 11.9 Å². The van der Waals surface area contributed by atoms with Crippen LogP contribution in [0.1, 0.15) is 32.6 Å². The van der Waals surface area contributed by atoms with Gasteiger partial charge in [0.2, 0.25) is 5.91 Å². The van der Waals surface area contributed by atoms with E-state index < -0.39 is 0 Å². The van der Waals surface area contributed by atoms with Crippen molar-refractivity contribution >= 4 is 5.91 Å². The van der Waals surface area contributed by atoms with E-state index >= 15 is 0 Å². The van der Waals surface area contributed by atoms with Crippen molar-refractivity contribution < 1.29 is 4.79 Å². The van der Waals surface area contributed by atoms with Gasteiger partial charge in [0.25, 0.3) is 0 Å². The third-order valence-corrected chi connectivity index (χ3v) is 4.57. The normalized spacial score (nSPS) is 33.6. The third-order valence-electron chi connectivity index (χ3n) is 4.57. The quantitative estimate of drug-likeness (QED) is 0.812. The molecule has 0 aromatic rings. The Labute approximate surface area is 111 Å². The van der Waals surface area contributed by atoms with Gasteiger partial charge in [-0.3, -0.25) is 4.79 Å². The zero-order valence-corrected chi connectivity index (χ0v) is 12.0. The Balaban J connectivity index is 1.87. The number of carbonyl (C=O) groups excluding carboxylic acids is 1. The van der Waals surface area contributed by atoms with Crippen LogP contribution in [0.4, 0.5) is 0 Å². The van der Waals surface area contributed by atoms with Gasteiger partial charge < -0.3 is 15.1 Å². The Hall–Kier alpha value is -0.610. The molecule has 104 valence electrons. The van der Waals surface area contributed by atoms with Crippen molar-refractivity contribution in [3.63, 3.8) is 0 Å². The van der Waals surface area contributed by atoms with Crippen LogP contribution in [0.5, 0.6) is 0 Å². The van der Waals surface area contributed by atoms with Crippen LogP contribution in [0.15, 0.2) is 0 Å². The predicted octanol–water partition coefficient (Wildman–Crippen LogP) is 0.927. The molecule has 3 atom stereocenters. The monoisotopic (exact) mass is 253 g/mol. The summed E-state index contributed by atoms with van der Waals surface area (Å²) in [4.78, 5) is 16.8. The van der Waals surface area contributed by atoms with Gasteiger partial charge in [-0.05, 0) is 51.7 Å². The first kappa shape index (κ1) is 13.8. The number of piperidine rings is 1. The SMILES string of the molecule is CC1CCCNC1C(=O)N(C)CC1CCCN1C. The number of likely N-dealkylation sites (tertiary alicyclic amines) is 1. The zero-order valence-electron chi connectivity index (χ0n) is 12.0. The number of hydrogen-bond donors (Lipinski definition) is 1. The molecule has 4 nitrogen and oxygen atoms in total. The molecule has 2 rings (SSSR count). The lowest BCUT2D eigenvalue weighted by atomic mass is 9.92. The van der Waals surface area contributed by atoms with Gasteiger partial charge in [-0.1, -0.05) is 6.92 Å². The molecule has 0 spiro atoms. The maximum Gasteiger partial charge on any atom is 0.239 e. The molecule has 2 heterocycles. The highest BCUT2D eigenvalue weighted by atomic mass is 16.2. The Morgan fingerprint density at radius 2 is 2.17 bits per heavy atom. The van der Waals surface area contributed by atoms with Crippen LogP contribution in [0.25, 0.3) is 0 Å². The second-order valence-corrected chi connectivity index (χ2v) is 6.05. The summed E-state index contributed by atoms with van der Waals surface area (Å²) in [5.74, 6) is 0.748. The summed E-state index contributed by atoms with van der Waals surface area (Å²) >= 11 is 0. The lowest BCUT2D eigenvalue weighted by Crippen LogP contribution is -2.53. The molecule has 1 N–H and O–H groups in total. The van der Waals surface area contributed by atoms with E-state index in [1.807, 2.05) is 11.9 Å². The van der Waals surface area contributed by atoms with E-state index in [4.69, 9.17) is 0 Å². The smallest absolute Gasteiger partial charge is 0.239 e. The second kappa shape index (κ2) is 6.02. The molecule has 0 aliphatic carbocycles. The molecule has 2 aliphatic rings. The van der Waals surface area contributed by atoms with Crippen LogP contribution < -0.4 is 5.32 Å². The first-order valence-electron chi connectivity index (χ1n) is 7.28. The van der Waals surface area contributed by atoms with E-state index in [9.17, 15) is 4.79 Å². The molecule has 0 radical (unpaired) electrons. The average Bonchev–Trinajstić information content (AvgIpc) is 2.75. The molecule has 18 heavy (non-hydrogen) atoms. The van der Waals surface area contributed by atoms with Gasteiger partial charge in [-0.15, -0.1) is 0 Å². The van der Waals surface area contributed by atoms with Crippen molar-refractivity contribution in [1.29, 1.82) is 0 Å². The van der Waals surface area contributed by atoms with Crippen molar-refractivity contribution in [2.24, 2.45) is 5.92 Å². The lowest BCUT2D eigenvalue weighted by molar-refractivity contribution is -0.134. The molecule has 0 bridgehead atoms. The van der Waals surface area contributed by atoms with Crippen molar-refractivity contribution in [3.8, 4) is 0 Å². The minimum Gasteiger partial charge on any atom is -0.343 e. The lowest BCUT2D eigenvalue weighted by Gasteiger charge is -2.34. The van der Waals surface area contributed by atoms with E-state index in [0.717, 1.165) is 13.1 Å². The fraction of sp³-hybridized carbons (Fsp3) is 0.929. The van der Waals surface area contributed by atoms with Crippen LogP contribution in [-0.4, -0.2) is 61.5 Å². The summed E-state index contributed by atoms with van der Waals surface area (Å²) in [7, 11) is 4.12. The Kier molecular flexibility index (Phi) is 4.62. The molecular formula is C14H27N3O. The zero-order chi connectivity index (χ0) is 13.1. The number of nitrogens with one attached hydrogen (secondary N) is 1. The third kappa shape index (κ3) is 3.04. The molecule has 0 aromatic carbocycles. The molecule has 2 saturated heterocycles. The molecule has 2 fully saturated rings. The second-order valence-electron chi connectivity index (χ2n) is 6.05. The summed E-state index contributed by atoms with van der Waals surface area (Å²) in [6, 6.07) is 0.591. The van der Waals surface area contributed by atoms with Crippen molar-refractivity contribution in [2.45, 2.75) is 44.7 Å². The minimum atomic E-state index is 0.0375. The van der Waals surface area contributed by atoms with Crippen LogP contribution in [0, 0.1) is 5.92 Å². The van der Waals surface area contributed by atoms with Crippen LogP contribution in [0.3, 0.4) is 0 Å². The fourth-order valence-corrected chi connectivity index (χ4v) is 3.23. The molecule has 3 unspecified atom stereocenters. The van der Waals surface area contributed by atoms with Gasteiger partial charge in [-0.2, -0.15) is 0 Å². The topological polar surface area (TPSA) is 35.6 Å². The van der Waals surface area contributed by atoms with Crippen LogP contribution >= 0.6 is 0 Å². The molecule has 1 amide bonds. The number of likely N-dealkylation sites (N-methyl/N-ethyl adjacent to an activating group) is 2. The van der Waals surface area contributed by atoms with Gasteiger partial charge in [0.15, 0.2) is 0 Å². The van der Waals surface area contributed by atoms with E-state index in [1.165, 1.54) is 32.2 Å². The Morgan fingerprint density at radius 3 is 2.78 bits per heavy atom. The van der Waals surface area contributed by atoms with E-state index in [2.05, 4.69) is 24.2 Å². The van der Waals surface area contributed by atoms with E-state index in [1.54, 1.807) is 0 Å². The standard InChI is InChI=1S/C14H27N3O/c1-11-6-4-8-15-13(11)14(18)17(3)10-12-7-5-9-16(12)2/h11-13,15H,4-10H2,1-3H3. The number of carbonyl (C=O) groups is 1. The van der Waals surface area contributed by atoms with Gasteiger partial charge in [0, 0.05) is 19.6 Å². The van der Waals surface area contributed by atoms with Crippen molar-refractivity contribution in [1.82, 2.24) is 15.1 Å². The van der Waals surface area contributed by atoms with Crippen LogP contribution in [-0.2, 0) is 4.79 Å². The molecule has 0 saturated carbocycles. The maximum absolute atomic E-state index is 12.4. The van der Waals surface area contributed by atoms with Gasteiger partial charge >= 0.3 is 0 Å². The largest absolute Gasteiger partial charge is 0.343 e. The minimum absolute atomic E-state index is 0.0375. The molecule has 4 heteroatoms. The Bertz CT molecular complexity index is 295. The highest BCUT2D eigenvalue weighted by Gasteiger charge is 2.31. The maximum atomic E-state index is 12.4. The summed E-state index contributed by atoms with van der Waals surface area (Å²) in [5.41, 5.74) is 0. The highest BCUT2D eigenvalue weighted by Crippen LogP contribution is 2.19. The average molecular weight is 253 g/mol. The summed E-state index contributed by atoms with van der Waals surface area (Å²) in [6.07, 6.45) is 4.85.